The molecule has 1 aromatic carbocycles. The number of nitrogens with two attached hydrogens (primary N) is 1. The second-order valence-electron chi connectivity index (χ2n) is 2.25. The van der Waals surface area contributed by atoms with Gasteiger partial charge in [-0.2, -0.15) is 0 Å². The minimum absolute atomic E-state index is 0.374. The van der Waals surface area contributed by atoms with Crippen molar-refractivity contribution in [2.45, 2.75) is 0 Å². The normalized spacial score (nSPS) is 10.0. The van der Waals surface area contributed by atoms with Gasteiger partial charge in [-0.25, -0.2) is 0 Å². The van der Waals surface area contributed by atoms with Crippen LogP contribution in [0, 0.1) is 0 Å². The fraction of sp³-hybridized carbons (Fsp3) is 0. The van der Waals surface area contributed by atoms with Crippen molar-refractivity contribution in [3.05, 3.63) is 42.6 Å². The first-order valence-electron chi connectivity index (χ1n) is 3.56. The molecule has 0 heterocycles. The summed E-state index contributed by atoms with van der Waals surface area (Å²) in [7, 11) is 0. The molecule has 0 saturated carbocycles. The van der Waals surface area contributed by atoms with E-state index >= 15 is 0 Å². The summed E-state index contributed by atoms with van der Waals surface area (Å²) < 4.78 is 0. The highest BCUT2D eigenvalue weighted by atomic mass is 32.1. The van der Waals surface area contributed by atoms with Crippen LogP contribution in [0.3, 0.4) is 0 Å². The zero-order chi connectivity index (χ0) is 8.81. The van der Waals surface area contributed by atoms with E-state index in [1.165, 1.54) is 0 Å². The van der Waals surface area contributed by atoms with Crippen LogP contribution in [-0.2, 0) is 0 Å². The zero-order valence-corrected chi connectivity index (χ0v) is 7.34. The summed E-state index contributed by atoms with van der Waals surface area (Å²) in [5, 5.41) is 3.03. The lowest BCUT2D eigenvalue weighted by Gasteiger charge is -1.97. The standard InChI is InChI=1S/C9H10N2S/c10-9(12)6-7-11-8-4-2-1-3-5-8/h1-7,11H,(H2,10,12). The SMILES string of the molecule is NC(=S)C=CNc1ccccc1. The lowest BCUT2D eigenvalue weighted by Crippen LogP contribution is -2.03. The lowest BCUT2D eigenvalue weighted by atomic mass is 10.3. The Balaban J connectivity index is 2.49. The van der Waals surface area contributed by atoms with Gasteiger partial charge in [0.1, 0.15) is 0 Å². The molecule has 0 atom stereocenters. The molecule has 3 heteroatoms. The molecule has 3 N–H and O–H groups in total. The molecule has 0 fully saturated rings. The minimum atomic E-state index is 0.374. The Kier molecular flexibility index (Phi) is 3.29. The first-order valence-corrected chi connectivity index (χ1v) is 3.97. The van der Waals surface area contributed by atoms with Crippen molar-refractivity contribution >= 4 is 22.9 Å². The van der Waals surface area contributed by atoms with Gasteiger partial charge in [0.25, 0.3) is 0 Å². The van der Waals surface area contributed by atoms with Gasteiger partial charge in [-0.1, -0.05) is 30.4 Å². The van der Waals surface area contributed by atoms with Crippen LogP contribution in [0.5, 0.6) is 0 Å². The molecule has 0 aliphatic heterocycles. The van der Waals surface area contributed by atoms with Gasteiger partial charge in [-0.05, 0) is 18.2 Å². The van der Waals surface area contributed by atoms with Gasteiger partial charge >= 0.3 is 0 Å². The van der Waals surface area contributed by atoms with Gasteiger partial charge in [0.15, 0.2) is 0 Å². The van der Waals surface area contributed by atoms with E-state index in [-0.39, 0.29) is 0 Å². The van der Waals surface area contributed by atoms with Crippen LogP contribution in [0.15, 0.2) is 42.6 Å². The molecule has 0 unspecified atom stereocenters. The second kappa shape index (κ2) is 4.51. The number of rotatable bonds is 3. The van der Waals surface area contributed by atoms with E-state index in [2.05, 4.69) is 17.5 Å². The van der Waals surface area contributed by atoms with Crippen molar-refractivity contribution in [3.8, 4) is 0 Å². The van der Waals surface area contributed by atoms with E-state index in [1.54, 1.807) is 12.3 Å². The van der Waals surface area contributed by atoms with E-state index in [4.69, 9.17) is 5.73 Å². The largest absolute Gasteiger partial charge is 0.390 e. The van der Waals surface area contributed by atoms with Crippen molar-refractivity contribution in [2.75, 3.05) is 5.32 Å². The molecule has 0 bridgehead atoms. The van der Waals surface area contributed by atoms with Gasteiger partial charge in [0.2, 0.25) is 0 Å². The minimum Gasteiger partial charge on any atom is -0.390 e. The average molecular weight is 178 g/mol. The molecule has 1 rings (SSSR count). The van der Waals surface area contributed by atoms with Crippen LogP contribution in [0.4, 0.5) is 5.69 Å². The molecule has 0 saturated heterocycles. The molecular weight excluding hydrogens is 168 g/mol. The van der Waals surface area contributed by atoms with E-state index < -0.39 is 0 Å². The highest BCUT2D eigenvalue weighted by Gasteiger charge is 1.82. The Hall–Kier alpha value is -1.35. The molecule has 12 heavy (non-hydrogen) atoms. The summed E-state index contributed by atoms with van der Waals surface area (Å²) in [6, 6.07) is 9.80. The number of hydrogen-bond acceptors (Lipinski definition) is 2. The number of para-hydroxylation sites is 1. The van der Waals surface area contributed by atoms with E-state index in [0.29, 0.717) is 4.99 Å². The summed E-state index contributed by atoms with van der Waals surface area (Å²) >= 11 is 4.66. The third kappa shape index (κ3) is 3.16. The van der Waals surface area contributed by atoms with Crippen LogP contribution in [0.1, 0.15) is 0 Å². The maximum Gasteiger partial charge on any atom is 0.0976 e. The highest BCUT2D eigenvalue weighted by Crippen LogP contribution is 2.03. The van der Waals surface area contributed by atoms with Gasteiger partial charge in [0, 0.05) is 11.9 Å². The van der Waals surface area contributed by atoms with Crippen molar-refractivity contribution in [1.29, 1.82) is 0 Å². The third-order valence-corrected chi connectivity index (χ3v) is 1.41. The molecule has 0 aliphatic carbocycles. The monoisotopic (exact) mass is 178 g/mol. The topological polar surface area (TPSA) is 38.0 Å². The predicted molar refractivity (Wildman–Crippen MR) is 56.0 cm³/mol. The van der Waals surface area contributed by atoms with Gasteiger partial charge in [-0.15, -0.1) is 0 Å². The Bertz CT molecular complexity index is 280. The number of nitrogens with one attached hydrogen (secondary N) is 1. The molecular formula is C9H10N2S. The summed E-state index contributed by atoms with van der Waals surface area (Å²) in [6.07, 6.45) is 3.36. The van der Waals surface area contributed by atoms with Crippen LogP contribution in [-0.4, -0.2) is 4.99 Å². The molecule has 1 aromatic rings. The Morgan fingerprint density at radius 1 is 1.33 bits per heavy atom. The van der Waals surface area contributed by atoms with E-state index in [1.807, 2.05) is 30.3 Å². The first kappa shape index (κ1) is 8.74. The summed E-state index contributed by atoms with van der Waals surface area (Å²) in [5.41, 5.74) is 6.28. The Morgan fingerprint density at radius 3 is 2.58 bits per heavy atom. The van der Waals surface area contributed by atoms with Crippen LogP contribution >= 0.6 is 12.2 Å². The predicted octanol–water partition coefficient (Wildman–Crippen LogP) is 1.90. The molecule has 62 valence electrons. The fourth-order valence-corrected chi connectivity index (χ4v) is 0.822. The maximum atomic E-state index is 5.26. The van der Waals surface area contributed by atoms with E-state index in [9.17, 15) is 0 Å². The molecule has 0 radical (unpaired) electrons. The second-order valence-corrected chi connectivity index (χ2v) is 2.72. The molecule has 0 spiro atoms. The summed E-state index contributed by atoms with van der Waals surface area (Å²) in [4.78, 5) is 0.374. The van der Waals surface area contributed by atoms with Gasteiger partial charge in [-0.3, -0.25) is 0 Å². The smallest absolute Gasteiger partial charge is 0.0976 e. The highest BCUT2D eigenvalue weighted by molar-refractivity contribution is 7.80. The fourth-order valence-electron chi connectivity index (χ4n) is 0.754. The summed E-state index contributed by atoms with van der Waals surface area (Å²) in [6.45, 7) is 0. The lowest BCUT2D eigenvalue weighted by molar-refractivity contribution is 1.58. The van der Waals surface area contributed by atoms with Crippen molar-refractivity contribution in [2.24, 2.45) is 5.73 Å². The Labute approximate surface area is 77.1 Å². The Morgan fingerprint density at radius 2 is 2.00 bits per heavy atom. The maximum absolute atomic E-state index is 5.26. The number of thiocarbonyl (C=S) groups is 1. The molecule has 0 aromatic heterocycles. The first-order chi connectivity index (χ1) is 5.79. The van der Waals surface area contributed by atoms with E-state index in [0.717, 1.165) is 5.69 Å². The van der Waals surface area contributed by atoms with Crippen molar-refractivity contribution in [3.63, 3.8) is 0 Å². The summed E-state index contributed by atoms with van der Waals surface area (Å²) in [5.74, 6) is 0. The molecule has 2 nitrogen and oxygen atoms in total. The zero-order valence-electron chi connectivity index (χ0n) is 6.53. The van der Waals surface area contributed by atoms with Crippen LogP contribution in [0.2, 0.25) is 0 Å². The van der Waals surface area contributed by atoms with Gasteiger partial charge < -0.3 is 11.1 Å². The average Bonchev–Trinajstić information content (AvgIpc) is 2.05. The number of hydrogen-bond donors (Lipinski definition) is 2. The molecule has 0 amide bonds. The van der Waals surface area contributed by atoms with Crippen LogP contribution in [0.25, 0.3) is 0 Å². The molecule has 0 aliphatic rings. The van der Waals surface area contributed by atoms with Crippen molar-refractivity contribution in [1.82, 2.24) is 0 Å². The number of anilines is 1. The van der Waals surface area contributed by atoms with Gasteiger partial charge in [0.05, 0.1) is 4.99 Å². The number of benzene rings is 1. The third-order valence-electron chi connectivity index (χ3n) is 1.27. The van der Waals surface area contributed by atoms with Crippen LogP contribution < -0.4 is 11.1 Å². The van der Waals surface area contributed by atoms with Crippen molar-refractivity contribution < 1.29 is 0 Å². The quantitative estimate of drug-likeness (QED) is 0.548.